The number of hydrogen-bond donors (Lipinski definition) is 0. The number of hydrogen-bond acceptors (Lipinski definition) is 2. The molecule has 0 rings (SSSR count). The van der Waals surface area contributed by atoms with Crippen molar-refractivity contribution in [2.45, 2.75) is 27.1 Å². The molecule has 0 aliphatic carbocycles. The highest BCUT2D eigenvalue weighted by molar-refractivity contribution is 6.74. The van der Waals surface area contributed by atoms with Gasteiger partial charge in [0.2, 0.25) is 7.28 Å². The van der Waals surface area contributed by atoms with Crippen LogP contribution in [0.1, 0.15) is 20.8 Å². The monoisotopic (exact) mass is 153 g/mol. The lowest BCUT2D eigenvalue weighted by Gasteiger charge is -2.11. The van der Waals surface area contributed by atoms with Crippen LogP contribution in [0.25, 0.3) is 0 Å². The molecule has 11 heavy (non-hydrogen) atoms. The van der Waals surface area contributed by atoms with E-state index >= 15 is 0 Å². The summed E-state index contributed by atoms with van der Waals surface area (Å²) in [5, 5.41) is 0. The summed E-state index contributed by atoms with van der Waals surface area (Å²) >= 11 is 0. The molecule has 0 spiro atoms. The Kier molecular flexibility index (Phi) is 4.83. The van der Waals surface area contributed by atoms with E-state index in [4.69, 9.17) is 0 Å². The van der Waals surface area contributed by atoms with Crippen LogP contribution in [0.3, 0.4) is 0 Å². The van der Waals surface area contributed by atoms with Gasteiger partial charge in [-0.3, -0.25) is 0 Å². The summed E-state index contributed by atoms with van der Waals surface area (Å²) in [7, 11) is 1.63. The molecule has 0 aliphatic rings. The highest BCUT2D eigenvalue weighted by Crippen LogP contribution is 2.08. The van der Waals surface area contributed by atoms with Crippen LogP contribution >= 0.6 is 0 Å². The fourth-order valence-electron chi connectivity index (χ4n) is 0.764. The van der Waals surface area contributed by atoms with Gasteiger partial charge in [0.05, 0.1) is 5.68 Å². The molecule has 2 atom stereocenters. The normalized spacial score (nSPS) is 15.2. The van der Waals surface area contributed by atoms with Crippen molar-refractivity contribution >= 4 is 19.2 Å². The first kappa shape index (κ1) is 10.4. The molecule has 0 amide bonds. The van der Waals surface area contributed by atoms with Crippen LogP contribution in [0.5, 0.6) is 0 Å². The molecule has 3 heteroatoms. The second-order valence-corrected chi connectivity index (χ2v) is 2.80. The zero-order valence-corrected chi connectivity index (χ0v) is 7.33. The molecule has 2 nitrogen and oxygen atoms in total. The number of carbonyl (C=O) groups excluding carboxylic acids is 2. The molecule has 0 aromatic carbocycles. The summed E-state index contributed by atoms with van der Waals surface area (Å²) < 4.78 is 0. The Morgan fingerprint density at radius 1 is 1.55 bits per heavy atom. The average molecular weight is 153 g/mol. The van der Waals surface area contributed by atoms with Gasteiger partial charge >= 0.3 is 0 Å². The molecule has 0 saturated heterocycles. The van der Waals surface area contributed by atoms with Gasteiger partial charge in [-0.15, -0.1) is 0 Å². The van der Waals surface area contributed by atoms with Crippen LogP contribution < -0.4 is 0 Å². The Bertz CT molecular complexity index is 145. The first-order chi connectivity index (χ1) is 5.13. The molecule has 0 aromatic rings. The van der Waals surface area contributed by atoms with Crippen molar-refractivity contribution in [3.05, 3.63) is 0 Å². The molecule has 0 saturated carbocycles. The fourth-order valence-corrected chi connectivity index (χ4v) is 0.764. The van der Waals surface area contributed by atoms with E-state index in [0.29, 0.717) is 0 Å². The van der Waals surface area contributed by atoms with E-state index in [0.717, 1.165) is 12.6 Å². The molecule has 0 fully saturated rings. The Morgan fingerprint density at radius 2 is 2.09 bits per heavy atom. The number of aldehydes is 1. The topological polar surface area (TPSA) is 34.1 Å². The van der Waals surface area contributed by atoms with Crippen LogP contribution in [0.2, 0.25) is 6.32 Å². The molecule has 0 bridgehead atoms. The molecular formula is C8H14BO2. The second-order valence-electron chi connectivity index (χ2n) is 2.80. The summed E-state index contributed by atoms with van der Waals surface area (Å²) in [5.41, 5.74) is 0.0760. The third-order valence-corrected chi connectivity index (χ3v) is 1.86. The lowest BCUT2D eigenvalue weighted by Crippen LogP contribution is -2.24. The van der Waals surface area contributed by atoms with Crippen LogP contribution in [-0.4, -0.2) is 19.2 Å². The quantitative estimate of drug-likeness (QED) is 0.438. The molecule has 0 aliphatic heterocycles. The Hall–Kier alpha value is -0.595. The highest BCUT2D eigenvalue weighted by Gasteiger charge is 2.18. The summed E-state index contributed by atoms with van der Waals surface area (Å²) in [6.45, 7) is 5.46. The standard InChI is InChI=1S/C8H14BO2/c1-4-9-8(11)7(3)6(2)5-10/h5-7H,4H2,1-3H3/t6-,7?/m1/s1. The predicted octanol–water partition coefficient (Wildman–Crippen LogP) is 1.13. The number of rotatable bonds is 5. The Balaban J connectivity index is 3.90. The summed E-state index contributed by atoms with van der Waals surface area (Å²) in [6, 6.07) is 0. The molecule has 0 N–H and O–H groups in total. The minimum atomic E-state index is -0.162. The van der Waals surface area contributed by atoms with E-state index in [-0.39, 0.29) is 17.5 Å². The molecule has 0 heterocycles. The van der Waals surface area contributed by atoms with Crippen molar-refractivity contribution in [3.63, 3.8) is 0 Å². The number of carbonyl (C=O) groups is 2. The van der Waals surface area contributed by atoms with Crippen molar-refractivity contribution < 1.29 is 9.59 Å². The van der Waals surface area contributed by atoms with Gasteiger partial charge in [-0.2, -0.15) is 0 Å². The van der Waals surface area contributed by atoms with Gasteiger partial charge < -0.3 is 9.59 Å². The van der Waals surface area contributed by atoms with Crippen molar-refractivity contribution in [1.29, 1.82) is 0 Å². The smallest absolute Gasteiger partial charge is 0.202 e. The largest absolute Gasteiger partial charge is 0.312 e. The minimum absolute atomic E-state index is 0.0760. The molecular weight excluding hydrogens is 139 g/mol. The van der Waals surface area contributed by atoms with E-state index in [2.05, 4.69) is 0 Å². The third kappa shape index (κ3) is 3.35. The SMILES string of the molecule is CC[B]C(=O)C(C)[C@H](C)C=O. The lowest BCUT2D eigenvalue weighted by atomic mass is 9.64. The van der Waals surface area contributed by atoms with Gasteiger partial charge in [0.1, 0.15) is 6.29 Å². The Morgan fingerprint density at radius 3 is 2.45 bits per heavy atom. The van der Waals surface area contributed by atoms with Crippen LogP contribution in [0.4, 0.5) is 0 Å². The van der Waals surface area contributed by atoms with Gasteiger partial charge in [-0.05, 0) is 0 Å². The van der Waals surface area contributed by atoms with Crippen molar-refractivity contribution in [2.75, 3.05) is 0 Å². The van der Waals surface area contributed by atoms with Crippen molar-refractivity contribution in [3.8, 4) is 0 Å². The average Bonchev–Trinajstić information content (AvgIpc) is 2.02. The first-order valence-corrected chi connectivity index (χ1v) is 3.95. The van der Waals surface area contributed by atoms with E-state index in [1.807, 2.05) is 6.92 Å². The molecule has 61 valence electrons. The van der Waals surface area contributed by atoms with Crippen LogP contribution in [0.15, 0.2) is 0 Å². The van der Waals surface area contributed by atoms with E-state index in [1.165, 1.54) is 0 Å². The second kappa shape index (κ2) is 5.11. The third-order valence-electron chi connectivity index (χ3n) is 1.86. The fraction of sp³-hybridized carbons (Fsp3) is 0.750. The van der Waals surface area contributed by atoms with Crippen molar-refractivity contribution in [1.82, 2.24) is 0 Å². The maximum atomic E-state index is 11.1. The van der Waals surface area contributed by atoms with E-state index < -0.39 is 0 Å². The van der Waals surface area contributed by atoms with Crippen molar-refractivity contribution in [2.24, 2.45) is 11.8 Å². The maximum absolute atomic E-state index is 11.1. The Labute approximate surface area is 68.6 Å². The van der Waals surface area contributed by atoms with E-state index in [1.54, 1.807) is 21.1 Å². The molecule has 1 radical (unpaired) electrons. The summed E-state index contributed by atoms with van der Waals surface area (Å²) in [5.74, 6) is -0.322. The lowest BCUT2D eigenvalue weighted by molar-refractivity contribution is -0.121. The first-order valence-electron chi connectivity index (χ1n) is 3.95. The zero-order chi connectivity index (χ0) is 8.85. The zero-order valence-electron chi connectivity index (χ0n) is 7.33. The molecule has 0 aromatic heterocycles. The van der Waals surface area contributed by atoms with Crippen LogP contribution in [0, 0.1) is 11.8 Å². The van der Waals surface area contributed by atoms with Gasteiger partial charge in [0, 0.05) is 11.8 Å². The van der Waals surface area contributed by atoms with Gasteiger partial charge in [0.15, 0.2) is 0 Å². The summed E-state index contributed by atoms with van der Waals surface area (Å²) in [4.78, 5) is 21.4. The van der Waals surface area contributed by atoms with Gasteiger partial charge in [-0.25, -0.2) is 0 Å². The predicted molar refractivity (Wildman–Crippen MR) is 45.6 cm³/mol. The van der Waals surface area contributed by atoms with Gasteiger partial charge in [-0.1, -0.05) is 27.1 Å². The van der Waals surface area contributed by atoms with Gasteiger partial charge in [0.25, 0.3) is 0 Å². The highest BCUT2D eigenvalue weighted by atomic mass is 16.1. The minimum Gasteiger partial charge on any atom is -0.312 e. The maximum Gasteiger partial charge on any atom is 0.202 e. The molecule has 1 unspecified atom stereocenters. The van der Waals surface area contributed by atoms with Crippen LogP contribution in [-0.2, 0) is 9.59 Å². The van der Waals surface area contributed by atoms with E-state index in [9.17, 15) is 9.59 Å². The summed E-state index contributed by atoms with van der Waals surface area (Å²) in [6.07, 6.45) is 1.57.